The van der Waals surface area contributed by atoms with Gasteiger partial charge in [0.05, 0.1) is 11.2 Å². The number of rotatable bonds is 3. The van der Waals surface area contributed by atoms with Gasteiger partial charge < -0.3 is 9.84 Å². The zero-order chi connectivity index (χ0) is 15.3. The molecule has 1 fully saturated rings. The van der Waals surface area contributed by atoms with E-state index in [2.05, 4.69) is 5.32 Å². The molecule has 1 heterocycles. The van der Waals surface area contributed by atoms with Gasteiger partial charge in [-0.15, -0.1) is 0 Å². The molecule has 2 atom stereocenters. The number of hydrogen-bond donors (Lipinski definition) is 2. The lowest BCUT2D eigenvalue weighted by Crippen LogP contribution is -2.65. The molecular weight excluding hydrogens is 263 g/mol. The highest BCUT2D eigenvalue weighted by atomic mass is 19.4. The molecule has 0 aromatic heterocycles. The molecule has 0 saturated carbocycles. The van der Waals surface area contributed by atoms with Crippen molar-refractivity contribution in [2.45, 2.75) is 70.0 Å². The second-order valence-electron chi connectivity index (χ2n) is 6.29. The number of hydrogen-bond acceptors (Lipinski definition) is 3. The Hall–Kier alpha value is -0.820. The average molecular weight is 283 g/mol. The first-order chi connectivity index (χ1) is 8.21. The molecule has 0 aromatic rings. The predicted molar refractivity (Wildman–Crippen MR) is 62.9 cm³/mol. The Labute approximate surface area is 110 Å². The Balaban J connectivity index is 3.03. The monoisotopic (exact) mass is 283 g/mol. The molecule has 1 aliphatic rings. The van der Waals surface area contributed by atoms with Gasteiger partial charge in [0.15, 0.2) is 0 Å². The minimum atomic E-state index is -4.89. The van der Waals surface area contributed by atoms with E-state index in [1.165, 1.54) is 0 Å². The van der Waals surface area contributed by atoms with Crippen molar-refractivity contribution in [1.29, 1.82) is 0 Å². The van der Waals surface area contributed by atoms with E-state index in [9.17, 15) is 18.0 Å². The van der Waals surface area contributed by atoms with Crippen molar-refractivity contribution in [3.05, 3.63) is 0 Å². The molecule has 0 radical (unpaired) electrons. The smallest absolute Gasteiger partial charge is 0.417 e. The molecule has 1 aliphatic heterocycles. The normalized spacial score (nSPS) is 28.9. The van der Waals surface area contributed by atoms with Gasteiger partial charge in [0.2, 0.25) is 5.54 Å². The lowest BCUT2D eigenvalue weighted by atomic mass is 9.90. The molecule has 4 nitrogen and oxygen atoms in total. The van der Waals surface area contributed by atoms with E-state index in [0.717, 1.165) is 0 Å². The molecule has 0 spiro atoms. The summed E-state index contributed by atoms with van der Waals surface area (Å²) in [7, 11) is 0. The maximum absolute atomic E-state index is 13.0. The summed E-state index contributed by atoms with van der Waals surface area (Å²) in [6, 6.07) is -0.703. The van der Waals surface area contributed by atoms with Crippen LogP contribution in [-0.4, -0.2) is 40.0 Å². The number of nitrogens with one attached hydrogen (secondary N) is 1. The van der Waals surface area contributed by atoms with E-state index in [1.807, 2.05) is 0 Å². The summed E-state index contributed by atoms with van der Waals surface area (Å²) < 4.78 is 44.6. The molecule has 2 N–H and O–H groups in total. The van der Waals surface area contributed by atoms with Gasteiger partial charge in [-0.05, 0) is 41.0 Å². The first-order valence-corrected chi connectivity index (χ1v) is 5.99. The van der Waals surface area contributed by atoms with Crippen LogP contribution >= 0.6 is 0 Å². The van der Waals surface area contributed by atoms with Crippen LogP contribution < -0.4 is 5.32 Å². The summed E-state index contributed by atoms with van der Waals surface area (Å²) in [6.07, 6.45) is -4.58. The van der Waals surface area contributed by atoms with Crippen LogP contribution in [0.3, 0.4) is 0 Å². The third-order valence-corrected chi connectivity index (χ3v) is 3.53. The number of ether oxygens (including phenoxy) is 1. The fraction of sp³-hybridized carbons (Fsp3) is 0.917. The molecule has 0 bridgehead atoms. The average Bonchev–Trinajstić information content (AvgIpc) is 2.31. The summed E-state index contributed by atoms with van der Waals surface area (Å²) in [4.78, 5) is 11.0. The van der Waals surface area contributed by atoms with Crippen LogP contribution in [0.15, 0.2) is 0 Å². The van der Waals surface area contributed by atoms with E-state index in [4.69, 9.17) is 9.84 Å². The first-order valence-electron chi connectivity index (χ1n) is 5.99. The van der Waals surface area contributed by atoms with Gasteiger partial charge in [-0.25, -0.2) is 4.79 Å². The van der Waals surface area contributed by atoms with Gasteiger partial charge in [-0.3, -0.25) is 5.32 Å². The number of aliphatic carboxylic acids is 1. The second-order valence-corrected chi connectivity index (χ2v) is 6.29. The highest BCUT2D eigenvalue weighted by molar-refractivity contribution is 5.79. The highest BCUT2D eigenvalue weighted by Gasteiger charge is 2.60. The number of halogens is 3. The lowest BCUT2D eigenvalue weighted by molar-refractivity contribution is -0.209. The summed E-state index contributed by atoms with van der Waals surface area (Å²) in [5.41, 5.74) is -4.45. The van der Waals surface area contributed by atoms with E-state index in [0.29, 0.717) is 13.3 Å². The van der Waals surface area contributed by atoms with Gasteiger partial charge in [0.25, 0.3) is 0 Å². The summed E-state index contributed by atoms with van der Waals surface area (Å²) in [6.45, 7) is 7.47. The summed E-state index contributed by atoms with van der Waals surface area (Å²) in [5, 5.41) is 11.1. The topological polar surface area (TPSA) is 58.6 Å². The molecular formula is C12H20F3NO3. The third kappa shape index (κ3) is 3.02. The molecule has 2 unspecified atom stereocenters. The Morgan fingerprint density at radius 3 is 2.05 bits per heavy atom. The quantitative estimate of drug-likeness (QED) is 0.834. The Bertz CT molecular complexity index is 379. The number of carbonyl (C=O) groups is 1. The maximum atomic E-state index is 13.0. The Morgan fingerprint density at radius 2 is 1.79 bits per heavy atom. The third-order valence-electron chi connectivity index (χ3n) is 3.53. The van der Waals surface area contributed by atoms with Crippen LogP contribution in [0.1, 0.15) is 41.0 Å². The molecule has 1 rings (SSSR count). The van der Waals surface area contributed by atoms with Crippen LogP contribution in [-0.2, 0) is 9.53 Å². The molecule has 0 aromatic carbocycles. The van der Waals surface area contributed by atoms with E-state index in [-0.39, 0.29) is 0 Å². The van der Waals surface area contributed by atoms with E-state index in [1.54, 1.807) is 27.7 Å². The van der Waals surface area contributed by atoms with Crippen LogP contribution in [0, 0.1) is 0 Å². The lowest BCUT2D eigenvalue weighted by Gasteiger charge is -2.36. The van der Waals surface area contributed by atoms with Crippen LogP contribution in [0.25, 0.3) is 0 Å². The zero-order valence-corrected chi connectivity index (χ0v) is 11.7. The number of carboxylic acids is 1. The largest absolute Gasteiger partial charge is 0.480 e. The SMILES string of the molecule is CC1(C)CC(NC(C)(C(=O)O)C(F)(F)F)C(C)(C)O1. The molecule has 0 amide bonds. The molecule has 1 saturated heterocycles. The fourth-order valence-electron chi connectivity index (χ4n) is 2.40. The van der Waals surface area contributed by atoms with Crippen molar-refractivity contribution >= 4 is 5.97 Å². The summed E-state index contributed by atoms with van der Waals surface area (Å²) in [5.74, 6) is -1.94. The van der Waals surface area contributed by atoms with Crippen molar-refractivity contribution in [3.8, 4) is 0 Å². The van der Waals surface area contributed by atoms with Crippen molar-refractivity contribution in [2.75, 3.05) is 0 Å². The van der Waals surface area contributed by atoms with Gasteiger partial charge in [-0.1, -0.05) is 0 Å². The second kappa shape index (κ2) is 4.34. The number of alkyl halides is 3. The van der Waals surface area contributed by atoms with Crippen LogP contribution in [0.2, 0.25) is 0 Å². The predicted octanol–water partition coefficient (Wildman–Crippen LogP) is 2.33. The van der Waals surface area contributed by atoms with E-state index >= 15 is 0 Å². The van der Waals surface area contributed by atoms with Gasteiger partial charge >= 0.3 is 12.1 Å². The van der Waals surface area contributed by atoms with Crippen molar-refractivity contribution in [1.82, 2.24) is 5.32 Å². The van der Waals surface area contributed by atoms with Crippen molar-refractivity contribution in [2.24, 2.45) is 0 Å². The molecule has 19 heavy (non-hydrogen) atoms. The fourth-order valence-corrected chi connectivity index (χ4v) is 2.40. The Morgan fingerprint density at radius 1 is 1.32 bits per heavy atom. The van der Waals surface area contributed by atoms with E-state index < -0.39 is 34.9 Å². The highest BCUT2D eigenvalue weighted by Crippen LogP contribution is 2.40. The van der Waals surface area contributed by atoms with Crippen LogP contribution in [0.5, 0.6) is 0 Å². The molecule has 7 heteroatoms. The minimum Gasteiger partial charge on any atom is -0.480 e. The standard InChI is InChI=1S/C12H20F3NO3/c1-9(2)6-7(10(3,4)19-9)16-11(5,8(17)18)12(13,14)15/h7,16H,6H2,1-5H3,(H,17,18). The van der Waals surface area contributed by atoms with Gasteiger partial charge in [0.1, 0.15) is 0 Å². The first kappa shape index (κ1) is 16.2. The zero-order valence-electron chi connectivity index (χ0n) is 11.7. The maximum Gasteiger partial charge on any atom is 0.417 e. The molecule has 0 aliphatic carbocycles. The van der Waals surface area contributed by atoms with Gasteiger partial charge in [0, 0.05) is 6.04 Å². The summed E-state index contributed by atoms with van der Waals surface area (Å²) >= 11 is 0. The Kier molecular flexibility index (Phi) is 3.71. The van der Waals surface area contributed by atoms with Crippen molar-refractivity contribution in [3.63, 3.8) is 0 Å². The molecule has 112 valence electrons. The minimum absolute atomic E-state index is 0.305. The van der Waals surface area contributed by atoms with Crippen LogP contribution in [0.4, 0.5) is 13.2 Å². The van der Waals surface area contributed by atoms with Crippen molar-refractivity contribution < 1.29 is 27.8 Å². The number of carboxylic acid groups (broad SMARTS) is 1. The van der Waals surface area contributed by atoms with Gasteiger partial charge in [-0.2, -0.15) is 13.2 Å².